The molecule has 1 saturated heterocycles. The monoisotopic (exact) mass is 385 g/mol. The van der Waals surface area contributed by atoms with Crippen molar-refractivity contribution in [3.05, 3.63) is 64.9 Å². The molecule has 3 rings (SSSR count). The number of hydrogen-bond acceptors (Lipinski definition) is 3. The summed E-state index contributed by atoms with van der Waals surface area (Å²) in [6.45, 7) is 1.85. The van der Waals surface area contributed by atoms with Gasteiger partial charge in [0.25, 0.3) is 5.91 Å². The number of likely N-dealkylation sites (tertiary alicyclic amines) is 1. The highest BCUT2D eigenvalue weighted by Crippen LogP contribution is 2.23. The van der Waals surface area contributed by atoms with Crippen LogP contribution in [0.3, 0.4) is 0 Å². The Hall–Kier alpha value is -2.40. The zero-order valence-electron chi connectivity index (χ0n) is 15.5. The van der Waals surface area contributed by atoms with Crippen molar-refractivity contribution in [1.82, 2.24) is 14.8 Å². The number of aromatic nitrogens is 1. The molecule has 0 N–H and O–H groups in total. The van der Waals surface area contributed by atoms with E-state index in [9.17, 15) is 9.59 Å². The maximum absolute atomic E-state index is 12.7. The SMILES string of the molecule is CN(CCc1ccncc1)C(=O)C1CCN(C(=O)c2ccccc2Cl)CC1. The van der Waals surface area contributed by atoms with Gasteiger partial charge in [-0.2, -0.15) is 0 Å². The van der Waals surface area contributed by atoms with Crippen LogP contribution in [-0.2, 0) is 11.2 Å². The van der Waals surface area contributed by atoms with Crippen molar-refractivity contribution in [1.29, 1.82) is 0 Å². The predicted octanol–water partition coefficient (Wildman–Crippen LogP) is 3.29. The van der Waals surface area contributed by atoms with Crippen LogP contribution in [0.1, 0.15) is 28.8 Å². The molecule has 1 fully saturated rings. The summed E-state index contributed by atoms with van der Waals surface area (Å²) < 4.78 is 0. The van der Waals surface area contributed by atoms with Gasteiger partial charge in [-0.25, -0.2) is 0 Å². The summed E-state index contributed by atoms with van der Waals surface area (Å²) in [7, 11) is 1.85. The van der Waals surface area contributed by atoms with E-state index < -0.39 is 0 Å². The van der Waals surface area contributed by atoms with Gasteiger partial charge in [0, 0.05) is 45.0 Å². The van der Waals surface area contributed by atoms with Crippen molar-refractivity contribution < 1.29 is 9.59 Å². The number of nitrogens with zero attached hydrogens (tertiary/aromatic N) is 3. The fourth-order valence-electron chi connectivity index (χ4n) is 3.40. The van der Waals surface area contributed by atoms with Crippen molar-refractivity contribution >= 4 is 23.4 Å². The summed E-state index contributed by atoms with van der Waals surface area (Å²) in [6, 6.07) is 11.0. The van der Waals surface area contributed by atoms with Crippen LogP contribution in [-0.4, -0.2) is 53.3 Å². The molecule has 142 valence electrons. The molecule has 0 aliphatic carbocycles. The number of hydrogen-bond donors (Lipinski definition) is 0. The van der Waals surface area contributed by atoms with E-state index in [0.717, 1.165) is 6.42 Å². The summed E-state index contributed by atoms with van der Waals surface area (Å²) in [6.07, 6.45) is 5.73. The minimum atomic E-state index is -0.0578. The fraction of sp³-hybridized carbons (Fsp3) is 0.381. The molecule has 27 heavy (non-hydrogen) atoms. The quantitative estimate of drug-likeness (QED) is 0.793. The lowest BCUT2D eigenvalue weighted by molar-refractivity contribution is -0.135. The highest BCUT2D eigenvalue weighted by Gasteiger charge is 2.29. The maximum atomic E-state index is 12.7. The lowest BCUT2D eigenvalue weighted by atomic mass is 9.94. The molecule has 6 heteroatoms. The van der Waals surface area contributed by atoms with Crippen molar-refractivity contribution in [3.8, 4) is 0 Å². The molecule has 0 bridgehead atoms. The van der Waals surface area contributed by atoms with Gasteiger partial charge in [0.1, 0.15) is 0 Å². The van der Waals surface area contributed by atoms with Crippen LogP contribution < -0.4 is 0 Å². The van der Waals surface area contributed by atoms with Crippen LogP contribution in [0.25, 0.3) is 0 Å². The number of rotatable bonds is 5. The molecule has 2 aromatic rings. The first-order chi connectivity index (χ1) is 13.1. The molecule has 1 aromatic heterocycles. The second-order valence-electron chi connectivity index (χ2n) is 6.91. The van der Waals surface area contributed by atoms with Gasteiger partial charge < -0.3 is 9.80 Å². The number of pyridine rings is 1. The number of carbonyl (C=O) groups is 2. The van der Waals surface area contributed by atoms with Crippen LogP contribution in [0.2, 0.25) is 5.02 Å². The number of halogens is 1. The smallest absolute Gasteiger partial charge is 0.255 e. The van der Waals surface area contributed by atoms with Gasteiger partial charge in [-0.1, -0.05) is 23.7 Å². The average Bonchev–Trinajstić information content (AvgIpc) is 2.72. The van der Waals surface area contributed by atoms with Gasteiger partial charge >= 0.3 is 0 Å². The first kappa shape index (κ1) is 19.4. The molecule has 1 aliphatic rings. The molecule has 2 amide bonds. The molecular weight excluding hydrogens is 362 g/mol. The molecule has 0 atom stereocenters. The Labute approximate surface area is 164 Å². The summed E-state index contributed by atoms with van der Waals surface area (Å²) in [5.41, 5.74) is 1.70. The van der Waals surface area contributed by atoms with E-state index in [4.69, 9.17) is 11.6 Å². The molecule has 0 spiro atoms. The molecule has 0 unspecified atom stereocenters. The fourth-order valence-corrected chi connectivity index (χ4v) is 3.62. The van der Waals surface area contributed by atoms with Crippen LogP contribution >= 0.6 is 11.6 Å². The van der Waals surface area contributed by atoms with Gasteiger partial charge in [-0.3, -0.25) is 14.6 Å². The number of amides is 2. The highest BCUT2D eigenvalue weighted by molar-refractivity contribution is 6.33. The number of benzene rings is 1. The number of piperidine rings is 1. The van der Waals surface area contributed by atoms with E-state index in [1.165, 1.54) is 5.56 Å². The number of likely N-dealkylation sites (N-methyl/N-ethyl adjacent to an activating group) is 1. The summed E-state index contributed by atoms with van der Waals surface area (Å²) in [5.74, 6) is 0.0779. The zero-order valence-corrected chi connectivity index (χ0v) is 16.2. The maximum Gasteiger partial charge on any atom is 0.255 e. The Morgan fingerprint density at radius 3 is 2.48 bits per heavy atom. The Balaban J connectivity index is 1.50. The van der Waals surface area contributed by atoms with Crippen LogP contribution in [0, 0.1) is 5.92 Å². The van der Waals surface area contributed by atoms with E-state index in [-0.39, 0.29) is 17.7 Å². The first-order valence-electron chi connectivity index (χ1n) is 9.24. The summed E-state index contributed by atoms with van der Waals surface area (Å²) >= 11 is 6.13. The van der Waals surface area contributed by atoms with Crippen LogP contribution in [0.15, 0.2) is 48.8 Å². The van der Waals surface area contributed by atoms with Gasteiger partial charge in [-0.05, 0) is 49.1 Å². The average molecular weight is 386 g/mol. The van der Waals surface area contributed by atoms with E-state index in [1.807, 2.05) is 31.3 Å². The third kappa shape index (κ3) is 4.86. The molecule has 1 aliphatic heterocycles. The van der Waals surface area contributed by atoms with Gasteiger partial charge in [0.2, 0.25) is 5.91 Å². The molecule has 1 aromatic carbocycles. The molecule has 2 heterocycles. The molecule has 0 saturated carbocycles. The minimum absolute atomic E-state index is 0.0252. The van der Waals surface area contributed by atoms with Crippen molar-refractivity contribution in [2.45, 2.75) is 19.3 Å². The van der Waals surface area contributed by atoms with E-state index in [0.29, 0.717) is 43.1 Å². The zero-order chi connectivity index (χ0) is 19.2. The standard InChI is InChI=1S/C21H24ClN3O2/c1-24(13-8-16-6-11-23-12-7-16)20(26)17-9-14-25(15-10-17)21(27)18-4-2-3-5-19(18)22/h2-7,11-12,17H,8-10,13-15H2,1H3. The predicted molar refractivity (Wildman–Crippen MR) is 106 cm³/mol. The second-order valence-corrected chi connectivity index (χ2v) is 7.32. The van der Waals surface area contributed by atoms with Crippen molar-refractivity contribution in [3.63, 3.8) is 0 Å². The van der Waals surface area contributed by atoms with Crippen molar-refractivity contribution in [2.75, 3.05) is 26.7 Å². The Morgan fingerprint density at radius 1 is 1.15 bits per heavy atom. The lowest BCUT2D eigenvalue weighted by Gasteiger charge is -2.33. The molecular formula is C21H24ClN3O2. The van der Waals surface area contributed by atoms with E-state index in [2.05, 4.69) is 4.98 Å². The largest absolute Gasteiger partial charge is 0.345 e. The van der Waals surface area contributed by atoms with E-state index in [1.54, 1.807) is 34.3 Å². The van der Waals surface area contributed by atoms with E-state index >= 15 is 0 Å². The molecule has 5 nitrogen and oxygen atoms in total. The molecule has 0 radical (unpaired) electrons. The first-order valence-corrected chi connectivity index (χ1v) is 9.61. The summed E-state index contributed by atoms with van der Waals surface area (Å²) in [5, 5.41) is 0.469. The van der Waals surface area contributed by atoms with Gasteiger partial charge in [0.15, 0.2) is 0 Å². The van der Waals surface area contributed by atoms with Crippen molar-refractivity contribution in [2.24, 2.45) is 5.92 Å². The lowest BCUT2D eigenvalue weighted by Crippen LogP contribution is -2.43. The Kier molecular flexibility index (Phi) is 6.45. The van der Waals surface area contributed by atoms with Crippen LogP contribution in [0.5, 0.6) is 0 Å². The third-order valence-corrected chi connectivity index (χ3v) is 5.43. The third-order valence-electron chi connectivity index (χ3n) is 5.10. The van der Waals surface area contributed by atoms with Gasteiger partial charge in [-0.15, -0.1) is 0 Å². The minimum Gasteiger partial charge on any atom is -0.345 e. The Morgan fingerprint density at radius 2 is 1.81 bits per heavy atom. The second kappa shape index (κ2) is 9.00. The Bertz CT molecular complexity index is 789. The topological polar surface area (TPSA) is 53.5 Å². The number of carbonyl (C=O) groups excluding carboxylic acids is 2. The normalized spacial score (nSPS) is 14.8. The summed E-state index contributed by atoms with van der Waals surface area (Å²) in [4.78, 5) is 32.9. The van der Waals surface area contributed by atoms with Crippen LogP contribution in [0.4, 0.5) is 0 Å². The van der Waals surface area contributed by atoms with Gasteiger partial charge in [0.05, 0.1) is 10.6 Å². The highest BCUT2D eigenvalue weighted by atomic mass is 35.5.